The molecule has 134 valence electrons. The number of nitrogens with one attached hydrogen (secondary N) is 2. The van der Waals surface area contributed by atoms with E-state index >= 15 is 0 Å². The minimum Gasteiger partial charge on any atom is -0.457 e. The van der Waals surface area contributed by atoms with Crippen LogP contribution in [0.5, 0.6) is 11.5 Å². The zero-order valence-corrected chi connectivity index (χ0v) is 14.5. The van der Waals surface area contributed by atoms with E-state index in [1.54, 1.807) is 38.1 Å². The molecule has 7 nitrogen and oxygen atoms in total. The molecule has 3 rings (SSSR count). The Morgan fingerprint density at radius 2 is 1.65 bits per heavy atom. The first-order valence-electron chi connectivity index (χ1n) is 8.12. The van der Waals surface area contributed by atoms with Crippen molar-refractivity contribution >= 4 is 23.5 Å². The Labute approximate surface area is 150 Å². The van der Waals surface area contributed by atoms with E-state index in [1.165, 1.54) is 0 Å². The second-order valence-electron chi connectivity index (χ2n) is 6.43. The quantitative estimate of drug-likeness (QED) is 0.809. The summed E-state index contributed by atoms with van der Waals surface area (Å²) in [6, 6.07) is 15.6. The first-order chi connectivity index (χ1) is 12.3. The summed E-state index contributed by atoms with van der Waals surface area (Å²) in [5.41, 5.74) is -0.449. The molecule has 1 heterocycles. The van der Waals surface area contributed by atoms with Crippen molar-refractivity contribution in [2.45, 2.75) is 19.4 Å². The van der Waals surface area contributed by atoms with E-state index in [4.69, 9.17) is 4.74 Å². The topological polar surface area (TPSA) is 87.7 Å². The van der Waals surface area contributed by atoms with Crippen LogP contribution in [0, 0.1) is 0 Å². The largest absolute Gasteiger partial charge is 0.457 e. The Kier molecular flexibility index (Phi) is 4.62. The second kappa shape index (κ2) is 6.87. The maximum absolute atomic E-state index is 12.1. The fourth-order valence-corrected chi connectivity index (χ4v) is 2.54. The maximum Gasteiger partial charge on any atom is 0.325 e. The van der Waals surface area contributed by atoms with Gasteiger partial charge in [0.2, 0.25) is 5.91 Å². The van der Waals surface area contributed by atoms with Gasteiger partial charge in [0.25, 0.3) is 5.91 Å². The van der Waals surface area contributed by atoms with Gasteiger partial charge in [0.1, 0.15) is 23.6 Å². The van der Waals surface area contributed by atoms with E-state index < -0.39 is 23.4 Å². The average Bonchev–Trinajstić information content (AvgIpc) is 2.79. The van der Waals surface area contributed by atoms with Gasteiger partial charge in [0, 0.05) is 5.69 Å². The van der Waals surface area contributed by atoms with Gasteiger partial charge in [-0.2, -0.15) is 0 Å². The predicted molar refractivity (Wildman–Crippen MR) is 95.9 cm³/mol. The van der Waals surface area contributed by atoms with Crippen LogP contribution in [0.3, 0.4) is 0 Å². The number of urea groups is 1. The van der Waals surface area contributed by atoms with Gasteiger partial charge in [-0.25, -0.2) is 4.79 Å². The highest BCUT2D eigenvalue weighted by molar-refractivity contribution is 6.09. The summed E-state index contributed by atoms with van der Waals surface area (Å²) in [6.07, 6.45) is 0. The number of benzene rings is 2. The smallest absolute Gasteiger partial charge is 0.325 e. The zero-order chi connectivity index (χ0) is 18.7. The van der Waals surface area contributed by atoms with E-state index in [2.05, 4.69) is 10.6 Å². The van der Waals surface area contributed by atoms with E-state index in [1.807, 2.05) is 30.3 Å². The summed E-state index contributed by atoms with van der Waals surface area (Å²) in [6.45, 7) is 2.85. The number of imide groups is 1. The number of carbonyl (C=O) groups is 3. The first-order valence-corrected chi connectivity index (χ1v) is 8.12. The Morgan fingerprint density at radius 1 is 1.04 bits per heavy atom. The third kappa shape index (κ3) is 3.83. The van der Waals surface area contributed by atoms with E-state index in [0.717, 1.165) is 4.90 Å². The SMILES string of the molecule is CC1(C)NC(=O)N(CC(=O)Nc2ccc(Oc3ccccc3)cc2)C1=O. The highest BCUT2D eigenvalue weighted by atomic mass is 16.5. The van der Waals surface area contributed by atoms with E-state index in [-0.39, 0.29) is 6.54 Å². The van der Waals surface area contributed by atoms with Crippen LogP contribution in [0.1, 0.15) is 13.8 Å². The van der Waals surface area contributed by atoms with Crippen LogP contribution in [0.25, 0.3) is 0 Å². The highest BCUT2D eigenvalue weighted by Crippen LogP contribution is 2.23. The van der Waals surface area contributed by atoms with Crippen LogP contribution in [-0.2, 0) is 9.59 Å². The molecule has 4 amide bonds. The summed E-state index contributed by atoms with van der Waals surface area (Å²) in [4.78, 5) is 36.9. The van der Waals surface area contributed by atoms with Crippen molar-refractivity contribution in [3.05, 3.63) is 54.6 Å². The lowest BCUT2D eigenvalue weighted by Crippen LogP contribution is -2.41. The summed E-state index contributed by atoms with van der Waals surface area (Å²) in [5.74, 6) is 0.461. The van der Waals surface area contributed by atoms with Crippen molar-refractivity contribution in [1.29, 1.82) is 0 Å². The lowest BCUT2D eigenvalue weighted by molar-refractivity contribution is -0.132. The number of ether oxygens (including phenoxy) is 1. The molecule has 0 atom stereocenters. The molecule has 7 heteroatoms. The predicted octanol–water partition coefficient (Wildman–Crippen LogP) is 2.75. The third-order valence-corrected chi connectivity index (χ3v) is 3.86. The van der Waals surface area contributed by atoms with Gasteiger partial charge in [-0.05, 0) is 50.2 Å². The molecule has 2 aromatic rings. The van der Waals surface area contributed by atoms with Crippen LogP contribution in [0.2, 0.25) is 0 Å². The summed E-state index contributed by atoms with van der Waals surface area (Å²) < 4.78 is 5.68. The number of nitrogens with zero attached hydrogens (tertiary/aromatic N) is 1. The maximum atomic E-state index is 12.1. The standard InChI is InChI=1S/C19H19N3O4/c1-19(2)17(24)22(18(25)21-19)12-16(23)20-13-8-10-15(11-9-13)26-14-6-4-3-5-7-14/h3-11H,12H2,1-2H3,(H,20,23)(H,21,25). The van der Waals surface area contributed by atoms with Crippen LogP contribution in [0.4, 0.5) is 10.5 Å². The van der Waals surface area contributed by atoms with Gasteiger partial charge in [-0.3, -0.25) is 14.5 Å². The molecule has 0 aromatic heterocycles. The van der Waals surface area contributed by atoms with Gasteiger partial charge >= 0.3 is 6.03 Å². The monoisotopic (exact) mass is 353 g/mol. The molecule has 2 aromatic carbocycles. The van der Waals surface area contributed by atoms with Gasteiger partial charge in [-0.1, -0.05) is 18.2 Å². The molecule has 1 fully saturated rings. The minimum absolute atomic E-state index is 0.337. The molecule has 0 saturated carbocycles. The van der Waals surface area contributed by atoms with Crippen molar-refractivity contribution in [1.82, 2.24) is 10.2 Å². The van der Waals surface area contributed by atoms with Crippen LogP contribution < -0.4 is 15.4 Å². The van der Waals surface area contributed by atoms with Crippen molar-refractivity contribution in [3.8, 4) is 11.5 Å². The van der Waals surface area contributed by atoms with Gasteiger partial charge in [-0.15, -0.1) is 0 Å². The van der Waals surface area contributed by atoms with Gasteiger partial charge < -0.3 is 15.4 Å². The molecular weight excluding hydrogens is 334 g/mol. The fraction of sp³-hybridized carbons (Fsp3) is 0.211. The summed E-state index contributed by atoms with van der Waals surface area (Å²) in [5, 5.41) is 5.19. The Hall–Kier alpha value is -3.35. The van der Waals surface area contributed by atoms with Crippen LogP contribution in [0.15, 0.2) is 54.6 Å². The van der Waals surface area contributed by atoms with Crippen molar-refractivity contribution in [3.63, 3.8) is 0 Å². The van der Waals surface area contributed by atoms with Crippen molar-refractivity contribution in [2.75, 3.05) is 11.9 Å². The Bertz CT molecular complexity index is 832. The normalized spacial score (nSPS) is 15.5. The number of amides is 4. The average molecular weight is 353 g/mol. The molecule has 0 spiro atoms. The lowest BCUT2D eigenvalue weighted by atomic mass is 10.1. The molecule has 0 bridgehead atoms. The van der Waals surface area contributed by atoms with Crippen molar-refractivity contribution in [2.24, 2.45) is 0 Å². The second-order valence-corrected chi connectivity index (χ2v) is 6.43. The van der Waals surface area contributed by atoms with Gasteiger partial charge in [0.05, 0.1) is 0 Å². The third-order valence-electron chi connectivity index (χ3n) is 3.86. The summed E-state index contributed by atoms with van der Waals surface area (Å²) in [7, 11) is 0. The molecule has 0 unspecified atom stereocenters. The molecular formula is C19H19N3O4. The minimum atomic E-state index is -0.992. The molecule has 1 aliphatic heterocycles. The zero-order valence-electron chi connectivity index (χ0n) is 14.5. The molecule has 1 saturated heterocycles. The van der Waals surface area contributed by atoms with E-state index in [0.29, 0.717) is 17.2 Å². The molecule has 0 radical (unpaired) electrons. The van der Waals surface area contributed by atoms with Crippen molar-refractivity contribution < 1.29 is 19.1 Å². The number of rotatable bonds is 5. The van der Waals surface area contributed by atoms with Crippen LogP contribution >= 0.6 is 0 Å². The molecule has 2 N–H and O–H groups in total. The fourth-order valence-electron chi connectivity index (χ4n) is 2.54. The highest BCUT2D eigenvalue weighted by Gasteiger charge is 2.44. The first kappa shape index (κ1) is 17.5. The number of hydrogen-bond donors (Lipinski definition) is 2. The number of para-hydroxylation sites is 1. The number of hydrogen-bond acceptors (Lipinski definition) is 4. The van der Waals surface area contributed by atoms with E-state index in [9.17, 15) is 14.4 Å². The van der Waals surface area contributed by atoms with Gasteiger partial charge in [0.15, 0.2) is 0 Å². The lowest BCUT2D eigenvalue weighted by Gasteiger charge is -2.15. The van der Waals surface area contributed by atoms with Crippen LogP contribution in [-0.4, -0.2) is 34.8 Å². The number of anilines is 1. The Morgan fingerprint density at radius 3 is 2.23 bits per heavy atom. The number of carbonyl (C=O) groups excluding carboxylic acids is 3. The molecule has 0 aliphatic carbocycles. The Balaban J connectivity index is 1.58. The molecule has 1 aliphatic rings. The summed E-state index contributed by atoms with van der Waals surface area (Å²) >= 11 is 0. The molecule has 26 heavy (non-hydrogen) atoms.